The highest BCUT2D eigenvalue weighted by atomic mass is 16.5. The molecule has 1 aliphatic heterocycles. The maximum Gasteiger partial charge on any atom is 0.341 e. The molecule has 0 bridgehead atoms. The molecular formula is C27H28O5. The van der Waals surface area contributed by atoms with E-state index >= 15 is 0 Å². The highest BCUT2D eigenvalue weighted by molar-refractivity contribution is 5.92. The predicted molar refractivity (Wildman–Crippen MR) is 122 cm³/mol. The lowest BCUT2D eigenvalue weighted by atomic mass is 9.87. The van der Waals surface area contributed by atoms with Gasteiger partial charge in [0.05, 0.1) is 25.9 Å². The lowest BCUT2D eigenvalue weighted by Crippen LogP contribution is -2.27. The summed E-state index contributed by atoms with van der Waals surface area (Å²) < 4.78 is 17.0. The SMILES string of the molecule is CCOC(=O)c1ccccc1OCCc1ccc2c(c1)OC[C@@H](Cc1ccccc1)[C@@H]2O. The fourth-order valence-electron chi connectivity index (χ4n) is 3.98. The summed E-state index contributed by atoms with van der Waals surface area (Å²) in [7, 11) is 0. The lowest BCUT2D eigenvalue weighted by molar-refractivity contribution is 0.0506. The van der Waals surface area contributed by atoms with Crippen molar-refractivity contribution >= 4 is 5.97 Å². The maximum atomic E-state index is 12.1. The van der Waals surface area contributed by atoms with Gasteiger partial charge in [0.2, 0.25) is 0 Å². The van der Waals surface area contributed by atoms with Gasteiger partial charge in [0.25, 0.3) is 0 Å². The van der Waals surface area contributed by atoms with E-state index in [1.54, 1.807) is 25.1 Å². The first-order valence-corrected chi connectivity index (χ1v) is 11.0. The van der Waals surface area contributed by atoms with Gasteiger partial charge in [0.1, 0.15) is 17.1 Å². The molecule has 0 aromatic heterocycles. The first-order valence-electron chi connectivity index (χ1n) is 11.0. The molecule has 32 heavy (non-hydrogen) atoms. The van der Waals surface area contributed by atoms with Crippen LogP contribution in [0.2, 0.25) is 0 Å². The third kappa shape index (κ3) is 5.11. The van der Waals surface area contributed by atoms with Crippen molar-refractivity contribution in [2.24, 2.45) is 5.92 Å². The van der Waals surface area contributed by atoms with Crippen LogP contribution in [-0.2, 0) is 17.6 Å². The summed E-state index contributed by atoms with van der Waals surface area (Å²) in [6.45, 7) is 2.99. The fraction of sp³-hybridized carbons (Fsp3) is 0.296. The van der Waals surface area contributed by atoms with E-state index in [2.05, 4.69) is 12.1 Å². The van der Waals surface area contributed by atoms with Crippen molar-refractivity contribution in [1.82, 2.24) is 0 Å². The van der Waals surface area contributed by atoms with Crippen molar-refractivity contribution in [3.63, 3.8) is 0 Å². The summed E-state index contributed by atoms with van der Waals surface area (Å²) in [6.07, 6.45) is 0.870. The molecule has 0 unspecified atom stereocenters. The second kappa shape index (κ2) is 10.3. The van der Waals surface area contributed by atoms with E-state index in [1.807, 2.05) is 42.5 Å². The summed E-state index contributed by atoms with van der Waals surface area (Å²) in [5, 5.41) is 10.9. The second-order valence-corrected chi connectivity index (χ2v) is 7.89. The van der Waals surface area contributed by atoms with Crippen LogP contribution in [0.15, 0.2) is 72.8 Å². The zero-order chi connectivity index (χ0) is 22.3. The Labute approximate surface area is 188 Å². The largest absolute Gasteiger partial charge is 0.493 e. The average Bonchev–Trinajstić information content (AvgIpc) is 2.82. The van der Waals surface area contributed by atoms with Crippen LogP contribution in [0.25, 0.3) is 0 Å². The first kappa shape index (κ1) is 21.9. The number of hydrogen-bond acceptors (Lipinski definition) is 5. The molecule has 2 atom stereocenters. The Balaban J connectivity index is 1.37. The highest BCUT2D eigenvalue weighted by Gasteiger charge is 2.29. The molecule has 0 aliphatic carbocycles. The Morgan fingerprint density at radius 3 is 2.62 bits per heavy atom. The van der Waals surface area contributed by atoms with E-state index in [-0.39, 0.29) is 11.9 Å². The van der Waals surface area contributed by atoms with Crippen LogP contribution in [0.3, 0.4) is 0 Å². The average molecular weight is 433 g/mol. The second-order valence-electron chi connectivity index (χ2n) is 7.89. The van der Waals surface area contributed by atoms with E-state index in [0.717, 1.165) is 23.3 Å². The third-order valence-corrected chi connectivity index (χ3v) is 5.67. The molecule has 1 aliphatic rings. The number of esters is 1. The highest BCUT2D eigenvalue weighted by Crippen LogP contribution is 2.37. The number of rotatable bonds is 8. The molecule has 3 aromatic rings. The van der Waals surface area contributed by atoms with Crippen LogP contribution in [0, 0.1) is 5.92 Å². The number of aliphatic hydroxyl groups excluding tert-OH is 1. The zero-order valence-electron chi connectivity index (χ0n) is 18.2. The predicted octanol–water partition coefficient (Wildman–Crippen LogP) is 4.77. The number of ether oxygens (including phenoxy) is 3. The first-order chi connectivity index (χ1) is 15.7. The van der Waals surface area contributed by atoms with Gasteiger partial charge in [-0.15, -0.1) is 0 Å². The van der Waals surface area contributed by atoms with E-state index in [1.165, 1.54) is 5.56 Å². The van der Waals surface area contributed by atoms with Gasteiger partial charge in [-0.1, -0.05) is 54.6 Å². The molecule has 1 heterocycles. The summed E-state index contributed by atoms with van der Waals surface area (Å²) in [5.41, 5.74) is 3.50. The van der Waals surface area contributed by atoms with E-state index in [4.69, 9.17) is 14.2 Å². The van der Waals surface area contributed by atoms with E-state index in [0.29, 0.717) is 37.6 Å². The van der Waals surface area contributed by atoms with Gasteiger partial charge in [-0.25, -0.2) is 4.79 Å². The van der Waals surface area contributed by atoms with Crippen LogP contribution < -0.4 is 9.47 Å². The molecule has 166 valence electrons. The van der Waals surface area contributed by atoms with Crippen LogP contribution in [0.5, 0.6) is 11.5 Å². The van der Waals surface area contributed by atoms with Crippen LogP contribution >= 0.6 is 0 Å². The molecule has 4 rings (SSSR count). The van der Waals surface area contributed by atoms with Crippen molar-refractivity contribution in [3.05, 3.63) is 95.1 Å². The summed E-state index contributed by atoms with van der Waals surface area (Å²) in [6, 6.07) is 23.2. The van der Waals surface area contributed by atoms with E-state index in [9.17, 15) is 9.90 Å². The molecule has 0 saturated carbocycles. The maximum absolute atomic E-state index is 12.1. The molecule has 5 nitrogen and oxygen atoms in total. The van der Waals surface area contributed by atoms with Crippen molar-refractivity contribution in [2.75, 3.05) is 19.8 Å². The standard InChI is InChI=1S/C27H28O5/c1-2-30-27(29)23-10-6-7-11-24(23)31-15-14-20-12-13-22-25(17-20)32-18-21(26(22)28)16-19-8-4-3-5-9-19/h3-13,17,21,26,28H,2,14-16,18H2,1H3/t21-,26+/m1/s1. The Morgan fingerprint density at radius 1 is 1.03 bits per heavy atom. The van der Waals surface area contributed by atoms with Crippen molar-refractivity contribution in [3.8, 4) is 11.5 Å². The zero-order valence-corrected chi connectivity index (χ0v) is 18.2. The number of hydrogen-bond donors (Lipinski definition) is 1. The quantitative estimate of drug-likeness (QED) is 0.520. The summed E-state index contributed by atoms with van der Waals surface area (Å²) in [5.74, 6) is 0.883. The van der Waals surface area contributed by atoms with E-state index < -0.39 is 6.10 Å². The topological polar surface area (TPSA) is 65.0 Å². The number of benzene rings is 3. The third-order valence-electron chi connectivity index (χ3n) is 5.67. The molecule has 0 fully saturated rings. The molecule has 5 heteroatoms. The Hall–Kier alpha value is -3.31. The van der Waals surface area contributed by atoms with Gasteiger partial charge in [-0.2, -0.15) is 0 Å². The Bertz CT molecular complexity index is 1050. The monoisotopic (exact) mass is 432 g/mol. The minimum Gasteiger partial charge on any atom is -0.493 e. The molecule has 0 spiro atoms. The number of fused-ring (bicyclic) bond motifs is 1. The summed E-state index contributed by atoms with van der Waals surface area (Å²) >= 11 is 0. The minimum absolute atomic E-state index is 0.0264. The van der Waals surface area contributed by atoms with Crippen LogP contribution in [-0.4, -0.2) is 30.9 Å². The van der Waals surface area contributed by atoms with Gasteiger partial charge in [0, 0.05) is 17.9 Å². The lowest BCUT2D eigenvalue weighted by Gasteiger charge is -2.30. The number of para-hydroxylation sites is 1. The van der Waals surface area contributed by atoms with Gasteiger partial charge in [0.15, 0.2) is 0 Å². The van der Waals surface area contributed by atoms with Gasteiger partial charge in [-0.3, -0.25) is 0 Å². The van der Waals surface area contributed by atoms with Crippen LogP contribution in [0.4, 0.5) is 0 Å². The van der Waals surface area contributed by atoms with Gasteiger partial charge < -0.3 is 19.3 Å². The molecule has 0 saturated heterocycles. The number of aliphatic hydroxyl groups is 1. The smallest absolute Gasteiger partial charge is 0.341 e. The van der Waals surface area contributed by atoms with Gasteiger partial charge in [-0.05, 0) is 42.7 Å². The normalized spacial score (nSPS) is 17.2. The Morgan fingerprint density at radius 2 is 1.81 bits per heavy atom. The number of carbonyl (C=O) groups is 1. The van der Waals surface area contributed by atoms with Crippen molar-refractivity contribution in [2.45, 2.75) is 25.9 Å². The fourth-order valence-corrected chi connectivity index (χ4v) is 3.98. The summed E-state index contributed by atoms with van der Waals surface area (Å²) in [4.78, 5) is 12.1. The molecular weight excluding hydrogens is 404 g/mol. The van der Waals surface area contributed by atoms with Crippen LogP contribution in [0.1, 0.15) is 40.1 Å². The van der Waals surface area contributed by atoms with Crippen molar-refractivity contribution < 1.29 is 24.1 Å². The molecule has 0 amide bonds. The molecule has 0 radical (unpaired) electrons. The Kier molecular flexibility index (Phi) is 7.07. The van der Waals surface area contributed by atoms with Crippen molar-refractivity contribution in [1.29, 1.82) is 0 Å². The molecule has 3 aromatic carbocycles. The molecule has 1 N–H and O–H groups in total. The van der Waals surface area contributed by atoms with Gasteiger partial charge >= 0.3 is 5.97 Å². The minimum atomic E-state index is -0.555. The number of carbonyl (C=O) groups excluding carboxylic acids is 1.